The summed E-state index contributed by atoms with van der Waals surface area (Å²) in [6, 6.07) is 4.42. The van der Waals surface area contributed by atoms with Gasteiger partial charge in [-0.3, -0.25) is 0 Å². The monoisotopic (exact) mass is 277 g/mol. The lowest BCUT2D eigenvalue weighted by atomic mass is 9.79. The Bertz CT molecular complexity index is 516. The van der Waals surface area contributed by atoms with Gasteiger partial charge in [0.1, 0.15) is 11.6 Å². The van der Waals surface area contributed by atoms with E-state index in [1.807, 2.05) is 0 Å². The van der Waals surface area contributed by atoms with Crippen LogP contribution in [0, 0.1) is 35.3 Å². The minimum Gasteiger partial charge on any atom is -0.310 e. The number of nitrogens with one attached hydrogen (secondary N) is 1. The number of benzene rings is 1. The standard InChI is InChI=1S/C17H21F2N/c18-12-5-4-10(16(19)8-12)9-20-17-7-11-6-15(17)14-3-1-2-13(11)14/h4-5,8,11,13-15,17,20H,1-3,6-7,9H2. The van der Waals surface area contributed by atoms with E-state index in [0.717, 1.165) is 29.7 Å². The van der Waals surface area contributed by atoms with Crippen LogP contribution in [0.1, 0.15) is 37.7 Å². The highest BCUT2D eigenvalue weighted by atomic mass is 19.1. The van der Waals surface area contributed by atoms with Gasteiger partial charge in [0.2, 0.25) is 0 Å². The molecule has 20 heavy (non-hydrogen) atoms. The van der Waals surface area contributed by atoms with E-state index in [4.69, 9.17) is 0 Å². The summed E-state index contributed by atoms with van der Waals surface area (Å²) in [5.41, 5.74) is 0.581. The molecule has 0 heterocycles. The van der Waals surface area contributed by atoms with Gasteiger partial charge < -0.3 is 5.32 Å². The van der Waals surface area contributed by atoms with Crippen LogP contribution in [-0.4, -0.2) is 6.04 Å². The normalized spacial score (nSPS) is 38.4. The Kier molecular flexibility index (Phi) is 3.06. The number of halogens is 2. The fourth-order valence-corrected chi connectivity index (χ4v) is 5.21. The molecule has 1 aromatic carbocycles. The van der Waals surface area contributed by atoms with Crippen LogP contribution in [0.2, 0.25) is 0 Å². The molecule has 0 spiro atoms. The molecular formula is C17H21F2N. The van der Waals surface area contributed by atoms with E-state index in [9.17, 15) is 8.78 Å². The molecule has 3 aliphatic rings. The predicted octanol–water partition coefficient (Wildman–Crippen LogP) is 3.88. The van der Waals surface area contributed by atoms with Crippen molar-refractivity contribution in [3.8, 4) is 0 Å². The summed E-state index contributed by atoms with van der Waals surface area (Å²) in [4.78, 5) is 0. The van der Waals surface area contributed by atoms with Crippen LogP contribution in [0.3, 0.4) is 0 Å². The largest absolute Gasteiger partial charge is 0.310 e. The minimum atomic E-state index is -0.500. The Morgan fingerprint density at radius 3 is 2.75 bits per heavy atom. The summed E-state index contributed by atoms with van der Waals surface area (Å²) in [5.74, 6) is 2.68. The van der Waals surface area contributed by atoms with Crippen LogP contribution in [0.5, 0.6) is 0 Å². The Morgan fingerprint density at radius 1 is 1.05 bits per heavy atom. The average molecular weight is 277 g/mol. The minimum absolute atomic E-state index is 0.431. The van der Waals surface area contributed by atoms with Gasteiger partial charge in [0.25, 0.3) is 0 Å². The lowest BCUT2D eigenvalue weighted by Gasteiger charge is -2.32. The number of rotatable bonds is 3. The van der Waals surface area contributed by atoms with E-state index in [2.05, 4.69) is 5.32 Å². The van der Waals surface area contributed by atoms with Gasteiger partial charge in [0.15, 0.2) is 0 Å². The number of fused-ring (bicyclic) bond motifs is 5. The van der Waals surface area contributed by atoms with Crippen molar-refractivity contribution in [3.05, 3.63) is 35.4 Å². The molecule has 2 bridgehead atoms. The molecule has 108 valence electrons. The SMILES string of the molecule is Fc1ccc(CNC2CC3CC2C2CCCC32)c(F)c1. The maximum absolute atomic E-state index is 13.6. The molecule has 0 aromatic heterocycles. The zero-order valence-corrected chi connectivity index (χ0v) is 11.6. The van der Waals surface area contributed by atoms with Crippen molar-refractivity contribution < 1.29 is 8.78 Å². The molecule has 4 rings (SSSR count). The van der Waals surface area contributed by atoms with Gasteiger partial charge in [-0.1, -0.05) is 12.5 Å². The highest BCUT2D eigenvalue weighted by Gasteiger charge is 2.53. The van der Waals surface area contributed by atoms with Crippen LogP contribution in [0.25, 0.3) is 0 Å². The maximum Gasteiger partial charge on any atom is 0.130 e. The molecule has 3 heteroatoms. The quantitative estimate of drug-likeness (QED) is 0.884. The lowest BCUT2D eigenvalue weighted by Crippen LogP contribution is -2.39. The molecule has 3 saturated carbocycles. The Labute approximate surface area is 118 Å². The molecule has 5 atom stereocenters. The average Bonchev–Trinajstić information content (AvgIpc) is 3.10. The molecule has 3 aliphatic carbocycles. The van der Waals surface area contributed by atoms with E-state index >= 15 is 0 Å². The first-order chi connectivity index (χ1) is 9.72. The maximum atomic E-state index is 13.6. The molecule has 0 radical (unpaired) electrons. The van der Waals surface area contributed by atoms with Gasteiger partial charge in [0.05, 0.1) is 0 Å². The van der Waals surface area contributed by atoms with E-state index < -0.39 is 11.6 Å². The molecule has 5 unspecified atom stereocenters. The van der Waals surface area contributed by atoms with Gasteiger partial charge in [-0.2, -0.15) is 0 Å². The first kappa shape index (κ1) is 12.8. The van der Waals surface area contributed by atoms with E-state index in [1.54, 1.807) is 6.07 Å². The summed E-state index contributed by atoms with van der Waals surface area (Å²) in [6.07, 6.45) is 6.87. The second-order valence-electron chi connectivity index (χ2n) is 6.88. The second-order valence-corrected chi connectivity index (χ2v) is 6.88. The fourth-order valence-electron chi connectivity index (χ4n) is 5.21. The van der Waals surface area contributed by atoms with Crippen LogP contribution >= 0.6 is 0 Å². The van der Waals surface area contributed by atoms with Crippen molar-refractivity contribution in [2.24, 2.45) is 23.7 Å². The van der Waals surface area contributed by atoms with Crippen molar-refractivity contribution >= 4 is 0 Å². The van der Waals surface area contributed by atoms with Crippen molar-refractivity contribution in [2.45, 2.75) is 44.7 Å². The Morgan fingerprint density at radius 2 is 1.90 bits per heavy atom. The van der Waals surface area contributed by atoms with Crippen LogP contribution in [0.4, 0.5) is 8.78 Å². The van der Waals surface area contributed by atoms with E-state index in [-0.39, 0.29) is 0 Å². The molecule has 0 saturated heterocycles. The van der Waals surface area contributed by atoms with Gasteiger partial charge in [-0.25, -0.2) is 8.78 Å². The third-order valence-electron chi connectivity index (χ3n) is 6.00. The van der Waals surface area contributed by atoms with Crippen LogP contribution < -0.4 is 5.32 Å². The highest BCUT2D eigenvalue weighted by Crippen LogP contribution is 2.58. The molecule has 1 N–H and O–H groups in total. The van der Waals surface area contributed by atoms with Crippen LogP contribution in [-0.2, 0) is 6.54 Å². The van der Waals surface area contributed by atoms with Crippen molar-refractivity contribution in [1.29, 1.82) is 0 Å². The first-order valence-corrected chi connectivity index (χ1v) is 7.89. The highest BCUT2D eigenvalue weighted by molar-refractivity contribution is 5.18. The zero-order chi connectivity index (χ0) is 13.7. The third kappa shape index (κ3) is 1.98. The molecule has 1 aromatic rings. The molecular weight excluding hydrogens is 256 g/mol. The first-order valence-electron chi connectivity index (χ1n) is 7.89. The number of hydrogen-bond donors (Lipinski definition) is 1. The Balaban J connectivity index is 1.41. The Hall–Kier alpha value is -0.960. The summed E-state index contributed by atoms with van der Waals surface area (Å²) in [5, 5.41) is 3.54. The smallest absolute Gasteiger partial charge is 0.130 e. The third-order valence-corrected chi connectivity index (χ3v) is 6.00. The summed E-state index contributed by atoms with van der Waals surface area (Å²) in [6.45, 7) is 0.525. The fraction of sp³-hybridized carbons (Fsp3) is 0.647. The zero-order valence-electron chi connectivity index (χ0n) is 11.6. The van der Waals surface area contributed by atoms with Gasteiger partial charge in [-0.15, -0.1) is 0 Å². The lowest BCUT2D eigenvalue weighted by molar-refractivity contribution is 0.207. The summed E-state index contributed by atoms with van der Waals surface area (Å²) >= 11 is 0. The summed E-state index contributed by atoms with van der Waals surface area (Å²) < 4.78 is 26.5. The van der Waals surface area contributed by atoms with Crippen molar-refractivity contribution in [2.75, 3.05) is 0 Å². The molecule has 3 fully saturated rings. The molecule has 0 aliphatic heterocycles. The predicted molar refractivity (Wildman–Crippen MR) is 74.0 cm³/mol. The molecule has 0 amide bonds. The van der Waals surface area contributed by atoms with Crippen molar-refractivity contribution in [1.82, 2.24) is 5.32 Å². The summed E-state index contributed by atoms with van der Waals surface area (Å²) in [7, 11) is 0. The van der Waals surface area contributed by atoms with Gasteiger partial charge in [-0.05, 0) is 55.4 Å². The van der Waals surface area contributed by atoms with Crippen molar-refractivity contribution in [3.63, 3.8) is 0 Å². The second kappa shape index (κ2) is 4.80. The molecule has 1 nitrogen and oxygen atoms in total. The number of hydrogen-bond acceptors (Lipinski definition) is 1. The van der Waals surface area contributed by atoms with E-state index in [0.29, 0.717) is 18.2 Å². The van der Waals surface area contributed by atoms with Gasteiger partial charge >= 0.3 is 0 Å². The van der Waals surface area contributed by atoms with Gasteiger partial charge in [0, 0.05) is 24.2 Å². The topological polar surface area (TPSA) is 12.0 Å². The van der Waals surface area contributed by atoms with Crippen LogP contribution in [0.15, 0.2) is 18.2 Å². The van der Waals surface area contributed by atoms with E-state index in [1.165, 1.54) is 38.2 Å².